The summed E-state index contributed by atoms with van der Waals surface area (Å²) in [7, 11) is 0. The lowest BCUT2D eigenvalue weighted by Gasteiger charge is -2.13. The lowest BCUT2D eigenvalue weighted by Crippen LogP contribution is -2.26. The van der Waals surface area contributed by atoms with E-state index in [4.69, 9.17) is 15.3 Å². The SMILES string of the molecule is [CH2]C(O)CC(O)C([CH2])O. The highest BCUT2D eigenvalue weighted by Crippen LogP contribution is 2.00. The molecule has 0 aliphatic heterocycles. The minimum absolute atomic E-state index is 0.0602. The zero-order chi connectivity index (χ0) is 7.44. The van der Waals surface area contributed by atoms with Crippen molar-refractivity contribution in [2.24, 2.45) is 0 Å². The van der Waals surface area contributed by atoms with Crippen molar-refractivity contribution in [1.82, 2.24) is 0 Å². The summed E-state index contributed by atoms with van der Waals surface area (Å²) in [5.41, 5.74) is 0. The first-order chi connectivity index (χ1) is 4.04. The fourth-order valence-corrected chi connectivity index (χ4v) is 0.436. The lowest BCUT2D eigenvalue weighted by atomic mass is 10.1. The van der Waals surface area contributed by atoms with E-state index in [1.54, 1.807) is 0 Å². The molecule has 0 aliphatic carbocycles. The molecule has 9 heavy (non-hydrogen) atoms. The molecule has 0 bridgehead atoms. The van der Waals surface area contributed by atoms with E-state index in [1.165, 1.54) is 0 Å². The first-order valence-electron chi connectivity index (χ1n) is 2.74. The van der Waals surface area contributed by atoms with Gasteiger partial charge in [-0.3, -0.25) is 0 Å². The van der Waals surface area contributed by atoms with E-state index in [2.05, 4.69) is 13.8 Å². The Labute approximate surface area is 54.9 Å². The van der Waals surface area contributed by atoms with E-state index in [1.807, 2.05) is 0 Å². The van der Waals surface area contributed by atoms with Gasteiger partial charge in [0.05, 0.1) is 18.3 Å². The summed E-state index contributed by atoms with van der Waals surface area (Å²) in [4.78, 5) is 0. The molecule has 3 N–H and O–H groups in total. The predicted molar refractivity (Wildman–Crippen MR) is 33.4 cm³/mol. The maximum Gasteiger partial charge on any atom is 0.0823 e. The fraction of sp³-hybridized carbons (Fsp3) is 0.667. The normalized spacial score (nSPS) is 21.0. The summed E-state index contributed by atoms with van der Waals surface area (Å²) >= 11 is 0. The minimum Gasteiger partial charge on any atom is -0.393 e. The average Bonchev–Trinajstić information content (AvgIpc) is 1.63. The quantitative estimate of drug-likeness (QED) is 0.467. The molecule has 0 aromatic carbocycles. The Morgan fingerprint density at radius 3 is 1.67 bits per heavy atom. The minimum atomic E-state index is -1.04. The van der Waals surface area contributed by atoms with Crippen LogP contribution in [-0.2, 0) is 0 Å². The molecule has 0 amide bonds. The molecule has 0 aromatic heterocycles. The van der Waals surface area contributed by atoms with Crippen LogP contribution >= 0.6 is 0 Å². The van der Waals surface area contributed by atoms with Crippen LogP contribution in [0.1, 0.15) is 6.42 Å². The zero-order valence-electron chi connectivity index (χ0n) is 5.20. The third kappa shape index (κ3) is 4.39. The highest BCUT2D eigenvalue weighted by molar-refractivity contribution is 4.73. The van der Waals surface area contributed by atoms with Gasteiger partial charge in [0.25, 0.3) is 0 Å². The summed E-state index contributed by atoms with van der Waals surface area (Å²) in [6, 6.07) is 0. The molecule has 0 rings (SSSR count). The molecule has 54 valence electrons. The molecule has 3 unspecified atom stereocenters. The molecule has 3 atom stereocenters. The molecular weight excluding hydrogens is 120 g/mol. The van der Waals surface area contributed by atoms with Gasteiger partial charge in [0.1, 0.15) is 0 Å². The van der Waals surface area contributed by atoms with Gasteiger partial charge in [-0.25, -0.2) is 0 Å². The van der Waals surface area contributed by atoms with Crippen LogP contribution in [0.15, 0.2) is 0 Å². The third-order valence-corrected chi connectivity index (χ3v) is 0.958. The van der Waals surface area contributed by atoms with Crippen LogP contribution < -0.4 is 0 Å². The largest absolute Gasteiger partial charge is 0.393 e. The molecule has 3 nitrogen and oxygen atoms in total. The van der Waals surface area contributed by atoms with Crippen molar-refractivity contribution >= 4 is 0 Å². The Bertz CT molecular complexity index is 70.7. The standard InChI is InChI=1S/C6H12O3/c1-4(7)3-6(9)5(2)8/h4-9H,1-3H2. The lowest BCUT2D eigenvalue weighted by molar-refractivity contribution is 0.0180. The van der Waals surface area contributed by atoms with Crippen molar-refractivity contribution in [2.45, 2.75) is 24.7 Å². The second kappa shape index (κ2) is 3.82. The van der Waals surface area contributed by atoms with Crippen LogP contribution in [0.3, 0.4) is 0 Å². The van der Waals surface area contributed by atoms with Crippen molar-refractivity contribution in [2.75, 3.05) is 0 Å². The van der Waals surface area contributed by atoms with Crippen LogP contribution in [0.4, 0.5) is 0 Å². The van der Waals surface area contributed by atoms with Crippen molar-refractivity contribution < 1.29 is 15.3 Å². The molecule has 0 saturated heterocycles. The topological polar surface area (TPSA) is 60.7 Å². The monoisotopic (exact) mass is 132 g/mol. The van der Waals surface area contributed by atoms with Crippen molar-refractivity contribution in [3.8, 4) is 0 Å². The van der Waals surface area contributed by atoms with Crippen LogP contribution in [0.25, 0.3) is 0 Å². The van der Waals surface area contributed by atoms with Crippen LogP contribution in [-0.4, -0.2) is 33.6 Å². The van der Waals surface area contributed by atoms with Crippen molar-refractivity contribution in [3.63, 3.8) is 0 Å². The maximum atomic E-state index is 8.78. The summed E-state index contributed by atoms with van der Waals surface area (Å²) in [6.45, 7) is 6.38. The van der Waals surface area contributed by atoms with Gasteiger partial charge in [-0.15, -0.1) is 0 Å². The summed E-state index contributed by atoms with van der Waals surface area (Å²) < 4.78 is 0. The van der Waals surface area contributed by atoms with E-state index in [0.29, 0.717) is 0 Å². The van der Waals surface area contributed by atoms with E-state index >= 15 is 0 Å². The smallest absolute Gasteiger partial charge is 0.0823 e. The first kappa shape index (κ1) is 8.88. The number of hydrogen-bond donors (Lipinski definition) is 3. The van der Waals surface area contributed by atoms with Gasteiger partial charge in [0, 0.05) is 6.42 Å². The van der Waals surface area contributed by atoms with E-state index in [-0.39, 0.29) is 6.42 Å². The van der Waals surface area contributed by atoms with Crippen molar-refractivity contribution in [3.05, 3.63) is 13.8 Å². The Morgan fingerprint density at radius 1 is 1.11 bits per heavy atom. The Balaban J connectivity index is 3.38. The second-order valence-corrected chi connectivity index (χ2v) is 2.02. The number of aliphatic hydroxyl groups excluding tert-OH is 3. The molecule has 0 spiro atoms. The van der Waals surface area contributed by atoms with Gasteiger partial charge in [-0.05, 0) is 13.8 Å². The van der Waals surface area contributed by atoms with Gasteiger partial charge in [0.15, 0.2) is 0 Å². The highest BCUT2D eigenvalue weighted by Gasteiger charge is 2.12. The maximum absolute atomic E-state index is 8.78. The third-order valence-electron chi connectivity index (χ3n) is 0.958. The molecule has 0 aromatic rings. The van der Waals surface area contributed by atoms with Crippen LogP contribution in [0, 0.1) is 13.8 Å². The molecular formula is C6H12O3. The van der Waals surface area contributed by atoms with Crippen LogP contribution in [0.2, 0.25) is 0 Å². The number of aliphatic hydroxyl groups is 3. The molecule has 3 heteroatoms. The van der Waals surface area contributed by atoms with E-state index < -0.39 is 18.3 Å². The van der Waals surface area contributed by atoms with Gasteiger partial charge in [-0.2, -0.15) is 0 Å². The Morgan fingerprint density at radius 2 is 1.56 bits per heavy atom. The summed E-state index contributed by atoms with van der Waals surface area (Å²) in [5.74, 6) is 0. The molecule has 0 fully saturated rings. The van der Waals surface area contributed by atoms with E-state index in [9.17, 15) is 0 Å². The first-order valence-corrected chi connectivity index (χ1v) is 2.74. The second-order valence-electron chi connectivity index (χ2n) is 2.02. The number of rotatable bonds is 3. The van der Waals surface area contributed by atoms with Crippen molar-refractivity contribution in [1.29, 1.82) is 0 Å². The highest BCUT2D eigenvalue weighted by atomic mass is 16.3. The Hall–Kier alpha value is -0.120. The summed E-state index contributed by atoms with van der Waals surface area (Å²) in [6.07, 6.45) is -2.79. The van der Waals surface area contributed by atoms with Crippen LogP contribution in [0.5, 0.6) is 0 Å². The fourth-order valence-electron chi connectivity index (χ4n) is 0.436. The molecule has 0 saturated carbocycles. The zero-order valence-corrected chi connectivity index (χ0v) is 5.20. The summed E-state index contributed by atoms with van der Waals surface area (Å²) in [5, 5.41) is 25.9. The number of hydrogen-bond acceptors (Lipinski definition) is 3. The van der Waals surface area contributed by atoms with Gasteiger partial charge in [0.2, 0.25) is 0 Å². The molecule has 2 radical (unpaired) electrons. The molecule has 0 aliphatic rings. The molecule has 0 heterocycles. The Kier molecular flexibility index (Phi) is 3.77. The predicted octanol–water partition coefficient (Wildman–Crippen LogP) is -0.873. The van der Waals surface area contributed by atoms with E-state index in [0.717, 1.165) is 0 Å². The average molecular weight is 132 g/mol. The van der Waals surface area contributed by atoms with Gasteiger partial charge >= 0.3 is 0 Å². The van der Waals surface area contributed by atoms with Gasteiger partial charge in [-0.1, -0.05) is 0 Å². The van der Waals surface area contributed by atoms with Gasteiger partial charge < -0.3 is 15.3 Å².